The van der Waals surface area contributed by atoms with Gasteiger partial charge in [0.05, 0.1) is 29.5 Å². The number of esters is 1. The highest BCUT2D eigenvalue weighted by Gasteiger charge is 2.31. The Morgan fingerprint density at radius 3 is 2.36 bits per heavy atom. The monoisotopic (exact) mass is 411 g/mol. The normalized spacial score (nSPS) is 12.3. The Kier molecular flexibility index (Phi) is 5.20. The summed E-state index contributed by atoms with van der Waals surface area (Å²) in [5.41, 5.74) is -0.575. The number of aromatic nitrogens is 1. The number of halogens is 3. The largest absolute Gasteiger partial charge is 0.469 e. The lowest BCUT2D eigenvalue weighted by Gasteiger charge is -2.12. The smallest absolute Gasteiger partial charge is 0.416 e. The highest BCUT2D eigenvalue weighted by molar-refractivity contribution is 7.90. The Bertz CT molecular complexity index is 1120. The number of alkyl halides is 3. The minimum Gasteiger partial charge on any atom is -0.469 e. The number of benzene rings is 2. The summed E-state index contributed by atoms with van der Waals surface area (Å²) in [5, 5.41) is 0.120. The number of fused-ring (bicyclic) bond motifs is 1. The van der Waals surface area contributed by atoms with Crippen molar-refractivity contribution in [3.8, 4) is 0 Å². The molecule has 0 aliphatic rings. The standard InChI is InChI=1S/C19H16F3NO4S/c1-27-18(24)10-8-15-12-13-11-14(19(20,21)22)7-9-17(13)23(15)28(25,26)16-5-3-2-4-6-16/h2-7,9,11-12H,8,10H2,1H3. The van der Waals surface area contributed by atoms with E-state index in [-0.39, 0.29) is 34.3 Å². The SMILES string of the molecule is COC(=O)CCc1cc2cc(C(F)(F)F)ccc2n1S(=O)(=O)c1ccccc1. The zero-order valence-electron chi connectivity index (χ0n) is 14.7. The number of carbonyl (C=O) groups is 1. The van der Waals surface area contributed by atoms with Crippen LogP contribution in [-0.4, -0.2) is 25.5 Å². The van der Waals surface area contributed by atoms with Crippen LogP contribution in [-0.2, 0) is 32.2 Å². The number of aryl methyl sites for hydroxylation is 1. The van der Waals surface area contributed by atoms with E-state index in [4.69, 9.17) is 0 Å². The van der Waals surface area contributed by atoms with Gasteiger partial charge in [-0.15, -0.1) is 0 Å². The van der Waals surface area contributed by atoms with E-state index in [1.54, 1.807) is 18.2 Å². The molecule has 0 saturated heterocycles. The van der Waals surface area contributed by atoms with Crippen molar-refractivity contribution in [1.29, 1.82) is 0 Å². The van der Waals surface area contributed by atoms with Crippen LogP contribution in [0, 0.1) is 0 Å². The molecule has 1 aromatic heterocycles. The van der Waals surface area contributed by atoms with Crippen LogP contribution in [0.1, 0.15) is 17.7 Å². The molecule has 2 aromatic carbocycles. The van der Waals surface area contributed by atoms with Gasteiger partial charge in [0.2, 0.25) is 0 Å². The zero-order valence-corrected chi connectivity index (χ0v) is 15.5. The quantitative estimate of drug-likeness (QED) is 0.596. The van der Waals surface area contributed by atoms with Gasteiger partial charge < -0.3 is 4.74 Å². The second kappa shape index (κ2) is 7.31. The second-order valence-electron chi connectivity index (χ2n) is 6.07. The number of ether oxygens (including phenoxy) is 1. The molecule has 0 atom stereocenters. The Morgan fingerprint density at radius 1 is 1.07 bits per heavy atom. The van der Waals surface area contributed by atoms with E-state index < -0.39 is 27.7 Å². The van der Waals surface area contributed by atoms with Crippen molar-refractivity contribution in [1.82, 2.24) is 3.97 Å². The maximum atomic E-state index is 13.2. The molecule has 1 heterocycles. The van der Waals surface area contributed by atoms with Gasteiger partial charge in [0.15, 0.2) is 0 Å². The fourth-order valence-electron chi connectivity index (χ4n) is 2.91. The molecule has 0 N–H and O–H groups in total. The predicted octanol–water partition coefficient (Wildman–Crippen LogP) is 4.00. The number of hydrogen-bond donors (Lipinski definition) is 0. The highest BCUT2D eigenvalue weighted by Crippen LogP contribution is 2.34. The van der Waals surface area contributed by atoms with Crippen molar-refractivity contribution in [2.24, 2.45) is 0 Å². The third-order valence-corrected chi connectivity index (χ3v) is 6.03. The van der Waals surface area contributed by atoms with Crippen LogP contribution < -0.4 is 0 Å². The minimum atomic E-state index is -4.55. The van der Waals surface area contributed by atoms with E-state index in [2.05, 4.69) is 4.74 Å². The molecule has 0 bridgehead atoms. The maximum Gasteiger partial charge on any atom is 0.416 e. The summed E-state index contributed by atoms with van der Waals surface area (Å²) >= 11 is 0. The summed E-state index contributed by atoms with van der Waals surface area (Å²) < 4.78 is 71.0. The van der Waals surface area contributed by atoms with Gasteiger partial charge in [-0.25, -0.2) is 12.4 Å². The van der Waals surface area contributed by atoms with Crippen molar-refractivity contribution < 1.29 is 31.1 Å². The van der Waals surface area contributed by atoms with Gasteiger partial charge in [0.25, 0.3) is 10.0 Å². The van der Waals surface area contributed by atoms with E-state index in [1.165, 1.54) is 25.3 Å². The summed E-state index contributed by atoms with van der Waals surface area (Å²) in [7, 11) is -2.87. The van der Waals surface area contributed by atoms with Crippen LogP contribution >= 0.6 is 0 Å². The average Bonchev–Trinajstić information content (AvgIpc) is 3.04. The van der Waals surface area contributed by atoms with E-state index in [0.717, 1.165) is 22.2 Å². The maximum absolute atomic E-state index is 13.2. The van der Waals surface area contributed by atoms with Crippen LogP contribution in [0.5, 0.6) is 0 Å². The molecule has 0 amide bonds. The molecule has 3 rings (SSSR count). The van der Waals surface area contributed by atoms with E-state index in [0.29, 0.717) is 0 Å². The van der Waals surface area contributed by atoms with E-state index in [1.807, 2.05) is 0 Å². The highest BCUT2D eigenvalue weighted by atomic mass is 32.2. The molecular weight excluding hydrogens is 395 g/mol. The molecule has 0 spiro atoms. The molecule has 0 aliphatic heterocycles. The van der Waals surface area contributed by atoms with Gasteiger partial charge >= 0.3 is 12.1 Å². The van der Waals surface area contributed by atoms with Gasteiger partial charge in [-0.3, -0.25) is 4.79 Å². The number of nitrogens with zero attached hydrogens (tertiary/aromatic N) is 1. The van der Waals surface area contributed by atoms with Crippen molar-refractivity contribution in [2.45, 2.75) is 23.9 Å². The number of carbonyl (C=O) groups excluding carboxylic acids is 1. The molecule has 5 nitrogen and oxygen atoms in total. The summed E-state index contributed by atoms with van der Waals surface area (Å²) in [6.07, 6.45) is -4.67. The molecule has 3 aromatic rings. The van der Waals surface area contributed by atoms with Crippen molar-refractivity contribution >= 4 is 26.9 Å². The molecule has 0 radical (unpaired) electrons. The average molecular weight is 411 g/mol. The fourth-order valence-corrected chi connectivity index (χ4v) is 4.50. The summed E-state index contributed by atoms with van der Waals surface area (Å²) in [5.74, 6) is -0.551. The minimum absolute atomic E-state index is 0.00519. The first-order valence-corrected chi connectivity index (χ1v) is 9.67. The lowest BCUT2D eigenvalue weighted by atomic mass is 10.1. The Labute approximate surface area is 159 Å². The summed E-state index contributed by atoms with van der Waals surface area (Å²) in [4.78, 5) is 11.5. The van der Waals surface area contributed by atoms with Crippen LogP contribution in [0.15, 0.2) is 59.5 Å². The number of rotatable bonds is 5. The summed E-state index contributed by atoms with van der Waals surface area (Å²) in [6.45, 7) is 0. The van der Waals surface area contributed by atoms with E-state index in [9.17, 15) is 26.4 Å². The first-order valence-electron chi connectivity index (χ1n) is 8.23. The Morgan fingerprint density at radius 2 is 1.75 bits per heavy atom. The number of hydrogen-bond acceptors (Lipinski definition) is 4. The molecule has 0 unspecified atom stereocenters. The molecule has 0 saturated carbocycles. The van der Waals surface area contributed by atoms with Gasteiger partial charge in [0.1, 0.15) is 0 Å². The van der Waals surface area contributed by atoms with Crippen LogP contribution in [0.3, 0.4) is 0 Å². The van der Waals surface area contributed by atoms with Gasteiger partial charge in [-0.2, -0.15) is 13.2 Å². The molecule has 9 heteroatoms. The molecule has 28 heavy (non-hydrogen) atoms. The van der Waals surface area contributed by atoms with Gasteiger partial charge in [0, 0.05) is 11.1 Å². The van der Waals surface area contributed by atoms with Crippen LogP contribution in [0.4, 0.5) is 13.2 Å². The summed E-state index contributed by atoms with van der Waals surface area (Å²) in [6, 6.07) is 11.8. The van der Waals surface area contributed by atoms with Gasteiger partial charge in [-0.1, -0.05) is 18.2 Å². The molecular formula is C19H16F3NO4S. The zero-order chi connectivity index (χ0) is 20.5. The lowest BCUT2D eigenvalue weighted by molar-refractivity contribution is -0.140. The van der Waals surface area contributed by atoms with Crippen LogP contribution in [0.25, 0.3) is 10.9 Å². The second-order valence-corrected chi connectivity index (χ2v) is 7.85. The molecule has 148 valence electrons. The predicted molar refractivity (Wildman–Crippen MR) is 96.3 cm³/mol. The lowest BCUT2D eigenvalue weighted by Crippen LogP contribution is -2.16. The third-order valence-electron chi connectivity index (χ3n) is 4.25. The third kappa shape index (κ3) is 3.75. The van der Waals surface area contributed by atoms with Crippen molar-refractivity contribution in [3.05, 3.63) is 65.9 Å². The topological polar surface area (TPSA) is 65.4 Å². The van der Waals surface area contributed by atoms with Gasteiger partial charge in [-0.05, 0) is 42.8 Å². The van der Waals surface area contributed by atoms with E-state index >= 15 is 0 Å². The first-order chi connectivity index (χ1) is 13.1. The number of methoxy groups -OCH3 is 1. The van der Waals surface area contributed by atoms with Crippen molar-refractivity contribution in [2.75, 3.05) is 7.11 Å². The molecule has 0 aliphatic carbocycles. The Hall–Kier alpha value is -2.81. The Balaban J connectivity index is 2.21. The van der Waals surface area contributed by atoms with Crippen LogP contribution in [0.2, 0.25) is 0 Å². The molecule has 0 fully saturated rings. The first kappa shape index (κ1) is 19.9. The fraction of sp³-hybridized carbons (Fsp3) is 0.211. The van der Waals surface area contributed by atoms with Crippen molar-refractivity contribution in [3.63, 3.8) is 0 Å².